The van der Waals surface area contributed by atoms with Crippen molar-refractivity contribution in [3.05, 3.63) is 34.9 Å². The Kier molecular flexibility index (Phi) is 15.7. The highest BCUT2D eigenvalue weighted by atomic mass is 35.5. The number of nitrogens with two attached hydrogens (primary N) is 2. The first kappa shape index (κ1) is 24.0. The summed E-state index contributed by atoms with van der Waals surface area (Å²) < 4.78 is 0. The smallest absolute Gasteiger partial charge is 0.328 e. The van der Waals surface area contributed by atoms with Crippen molar-refractivity contribution in [1.82, 2.24) is 0 Å². The SMILES string of the molecule is C=N.CN.NCCCC(N=C/C=C/c1ccc(Cl)cc1O)C(=O)O. The molecule has 0 aliphatic heterocycles. The van der Waals surface area contributed by atoms with E-state index in [1.165, 1.54) is 19.3 Å². The Morgan fingerprint density at radius 3 is 2.58 bits per heavy atom. The fourth-order valence-electron chi connectivity index (χ4n) is 1.53. The first-order valence-electron chi connectivity index (χ1n) is 7.09. The van der Waals surface area contributed by atoms with Crippen molar-refractivity contribution in [1.29, 1.82) is 5.41 Å². The van der Waals surface area contributed by atoms with Gasteiger partial charge in [-0.3, -0.25) is 4.99 Å². The van der Waals surface area contributed by atoms with E-state index in [0.717, 1.165) is 0 Å². The number of rotatable bonds is 7. The maximum Gasteiger partial charge on any atom is 0.328 e. The number of allylic oxidation sites excluding steroid dienone is 1. The lowest BCUT2D eigenvalue weighted by Crippen LogP contribution is -2.19. The molecule has 0 aliphatic carbocycles. The monoisotopic (exact) mass is 356 g/mol. The Morgan fingerprint density at radius 2 is 2.08 bits per heavy atom. The summed E-state index contributed by atoms with van der Waals surface area (Å²) >= 11 is 5.72. The van der Waals surface area contributed by atoms with E-state index in [9.17, 15) is 9.90 Å². The molecule has 134 valence electrons. The third-order valence-electron chi connectivity index (χ3n) is 2.59. The maximum atomic E-state index is 10.9. The predicted octanol–water partition coefficient (Wildman–Crippen LogP) is 2.16. The van der Waals surface area contributed by atoms with Crippen LogP contribution in [0.2, 0.25) is 5.02 Å². The Labute approximate surface area is 147 Å². The molecule has 0 radical (unpaired) electrons. The third-order valence-corrected chi connectivity index (χ3v) is 2.82. The minimum Gasteiger partial charge on any atom is -0.507 e. The van der Waals surface area contributed by atoms with Crippen LogP contribution < -0.4 is 11.5 Å². The van der Waals surface area contributed by atoms with Crippen LogP contribution in [-0.2, 0) is 4.79 Å². The molecular formula is C16H25ClN4O3. The van der Waals surface area contributed by atoms with Gasteiger partial charge in [0.2, 0.25) is 0 Å². The van der Waals surface area contributed by atoms with Crippen LogP contribution in [0.5, 0.6) is 5.75 Å². The maximum absolute atomic E-state index is 10.9. The molecule has 0 saturated heterocycles. The minimum absolute atomic E-state index is 0.0556. The van der Waals surface area contributed by atoms with Crippen LogP contribution in [0, 0.1) is 5.41 Å². The summed E-state index contributed by atoms with van der Waals surface area (Å²) in [6, 6.07) is 3.95. The predicted molar refractivity (Wildman–Crippen MR) is 100 cm³/mol. The number of halogens is 1. The summed E-state index contributed by atoms with van der Waals surface area (Å²) in [6.07, 6.45) is 5.61. The zero-order chi connectivity index (χ0) is 19.0. The fourth-order valence-corrected chi connectivity index (χ4v) is 1.70. The zero-order valence-corrected chi connectivity index (χ0v) is 14.4. The summed E-state index contributed by atoms with van der Waals surface area (Å²) in [4.78, 5) is 14.9. The van der Waals surface area contributed by atoms with Crippen molar-refractivity contribution in [2.24, 2.45) is 16.5 Å². The molecule has 1 aromatic rings. The van der Waals surface area contributed by atoms with Crippen molar-refractivity contribution in [3.8, 4) is 5.75 Å². The van der Waals surface area contributed by atoms with E-state index in [4.69, 9.17) is 27.9 Å². The van der Waals surface area contributed by atoms with E-state index < -0.39 is 12.0 Å². The molecule has 0 aliphatic rings. The van der Waals surface area contributed by atoms with Gasteiger partial charge in [-0.05, 0) is 63.5 Å². The van der Waals surface area contributed by atoms with Gasteiger partial charge in [0.05, 0.1) is 0 Å². The third kappa shape index (κ3) is 10.5. The second kappa shape index (κ2) is 15.7. The first-order valence-corrected chi connectivity index (χ1v) is 7.46. The van der Waals surface area contributed by atoms with Gasteiger partial charge in [-0.2, -0.15) is 0 Å². The number of carboxylic acids is 1. The summed E-state index contributed by atoms with van der Waals surface area (Å²) in [6.45, 7) is 2.94. The van der Waals surface area contributed by atoms with Crippen LogP contribution in [0.15, 0.2) is 29.3 Å². The molecule has 24 heavy (non-hydrogen) atoms. The molecule has 0 heterocycles. The highest BCUT2D eigenvalue weighted by Crippen LogP contribution is 2.22. The van der Waals surface area contributed by atoms with Crippen LogP contribution in [0.3, 0.4) is 0 Å². The van der Waals surface area contributed by atoms with Gasteiger partial charge in [0.25, 0.3) is 0 Å². The van der Waals surface area contributed by atoms with Crippen LogP contribution in [-0.4, -0.2) is 48.7 Å². The lowest BCUT2D eigenvalue weighted by atomic mass is 10.1. The van der Waals surface area contributed by atoms with Crippen LogP contribution in [0.25, 0.3) is 6.08 Å². The Bertz CT molecular complexity index is 536. The topological polar surface area (TPSA) is 146 Å². The van der Waals surface area contributed by atoms with Gasteiger partial charge in [-0.15, -0.1) is 0 Å². The molecule has 0 spiro atoms. The number of phenolic OH excluding ortho intramolecular Hbond substituents is 1. The Balaban J connectivity index is 0. The summed E-state index contributed by atoms with van der Waals surface area (Å²) in [5.41, 5.74) is 10.4. The minimum atomic E-state index is -0.975. The molecule has 1 unspecified atom stereocenters. The highest BCUT2D eigenvalue weighted by Gasteiger charge is 2.13. The van der Waals surface area contributed by atoms with E-state index in [1.54, 1.807) is 24.3 Å². The fraction of sp³-hybridized carbons (Fsp3) is 0.312. The van der Waals surface area contributed by atoms with Crippen molar-refractivity contribution in [2.75, 3.05) is 13.6 Å². The van der Waals surface area contributed by atoms with Crippen molar-refractivity contribution in [3.63, 3.8) is 0 Å². The van der Waals surface area contributed by atoms with Gasteiger partial charge >= 0.3 is 5.97 Å². The van der Waals surface area contributed by atoms with Crippen LogP contribution in [0.1, 0.15) is 18.4 Å². The Morgan fingerprint density at radius 1 is 1.46 bits per heavy atom. The van der Waals surface area contributed by atoms with Crippen LogP contribution >= 0.6 is 11.6 Å². The largest absolute Gasteiger partial charge is 0.507 e. The second-order valence-corrected chi connectivity index (χ2v) is 4.58. The molecule has 0 amide bonds. The molecular weight excluding hydrogens is 332 g/mol. The molecule has 0 saturated carbocycles. The number of carboxylic acid groups (broad SMARTS) is 1. The van der Waals surface area contributed by atoms with Crippen molar-refractivity contribution < 1.29 is 15.0 Å². The molecule has 7 N–H and O–H groups in total. The quantitative estimate of drug-likeness (QED) is 0.475. The van der Waals surface area contributed by atoms with E-state index in [1.807, 2.05) is 0 Å². The van der Waals surface area contributed by atoms with Gasteiger partial charge in [-0.1, -0.05) is 11.6 Å². The number of nitrogens with zero attached hydrogens (tertiary/aromatic N) is 1. The van der Waals surface area contributed by atoms with Crippen molar-refractivity contribution >= 4 is 36.6 Å². The lowest BCUT2D eigenvalue weighted by molar-refractivity contribution is -0.138. The number of hydrogen-bond acceptors (Lipinski definition) is 6. The van der Waals surface area contributed by atoms with E-state index in [-0.39, 0.29) is 5.75 Å². The average Bonchev–Trinajstić information content (AvgIpc) is 2.59. The number of aliphatic carboxylic acids is 1. The van der Waals surface area contributed by atoms with Crippen molar-refractivity contribution in [2.45, 2.75) is 18.9 Å². The molecule has 0 aromatic heterocycles. The number of hydrogen-bond donors (Lipinski definition) is 5. The van der Waals surface area contributed by atoms with Gasteiger partial charge in [-0.25, -0.2) is 4.79 Å². The molecule has 0 bridgehead atoms. The number of aliphatic imine (C=N–C) groups is 1. The lowest BCUT2D eigenvalue weighted by Gasteiger charge is -2.04. The van der Waals surface area contributed by atoms with E-state index in [2.05, 4.69) is 17.4 Å². The standard InChI is InChI=1S/C14H17ClN2O3.CH5N.CH3N/c15-11-6-5-10(13(18)9-11)3-2-8-17-12(14(19)20)4-1-7-16;2*1-2/h2-3,5-6,8-9,12,18H,1,4,7,16H2,(H,19,20);2H2,1H3;2H,1H2/b3-2+,17-8?;;. The average molecular weight is 357 g/mol. The summed E-state index contributed by atoms with van der Waals surface area (Å²) in [5.74, 6) is -0.919. The van der Waals surface area contributed by atoms with Gasteiger partial charge < -0.3 is 27.1 Å². The van der Waals surface area contributed by atoms with Crippen LogP contribution in [0.4, 0.5) is 0 Å². The second-order valence-electron chi connectivity index (χ2n) is 4.15. The van der Waals surface area contributed by atoms with Gasteiger partial charge in [0, 0.05) is 16.8 Å². The number of phenols is 1. The number of aromatic hydroxyl groups is 1. The van der Waals surface area contributed by atoms with E-state index >= 15 is 0 Å². The number of nitrogens with one attached hydrogen (secondary N) is 1. The molecule has 7 nitrogen and oxygen atoms in total. The molecule has 8 heteroatoms. The van der Waals surface area contributed by atoms with Gasteiger partial charge in [0.1, 0.15) is 11.8 Å². The summed E-state index contributed by atoms with van der Waals surface area (Å²) in [7, 11) is 1.50. The molecule has 1 rings (SSSR count). The highest BCUT2D eigenvalue weighted by molar-refractivity contribution is 6.30. The first-order chi connectivity index (χ1) is 11.5. The molecule has 1 aromatic carbocycles. The summed E-state index contributed by atoms with van der Waals surface area (Å²) in [5, 5.41) is 24.5. The van der Waals surface area contributed by atoms with E-state index in [0.29, 0.717) is 30.0 Å². The molecule has 0 fully saturated rings. The zero-order valence-electron chi connectivity index (χ0n) is 13.7. The van der Waals surface area contributed by atoms with Gasteiger partial charge in [0.15, 0.2) is 0 Å². The molecule has 1 atom stereocenters. The normalized spacial score (nSPS) is 11.3. The Hall–Kier alpha value is -2.22. The number of carbonyl (C=O) groups is 1. The number of benzene rings is 1.